The van der Waals surface area contributed by atoms with Crippen LogP contribution in [0.3, 0.4) is 0 Å². The lowest BCUT2D eigenvalue weighted by Gasteiger charge is -2.35. The van der Waals surface area contributed by atoms with Crippen LogP contribution in [0.2, 0.25) is 0 Å². The summed E-state index contributed by atoms with van der Waals surface area (Å²) in [6, 6.07) is 8.75. The van der Waals surface area contributed by atoms with Crippen LogP contribution >= 0.6 is 0 Å². The average Bonchev–Trinajstić information content (AvgIpc) is 2.81. The number of amides is 1. The largest absolute Gasteiger partial charge is 0.417 e. The number of rotatable bonds is 5. The van der Waals surface area contributed by atoms with Gasteiger partial charge in [0, 0.05) is 32.3 Å². The Morgan fingerprint density at radius 3 is 1.74 bits per heavy atom. The molecule has 1 heterocycles. The summed E-state index contributed by atoms with van der Waals surface area (Å²) in [5.74, 6) is -0.431. The lowest BCUT2D eigenvalue weighted by Crippen LogP contribution is -2.50. The van der Waals surface area contributed by atoms with Gasteiger partial charge in [-0.05, 0) is 35.8 Å². The van der Waals surface area contributed by atoms with Crippen molar-refractivity contribution < 1.29 is 36.2 Å². The second kappa shape index (κ2) is 10.7. The third-order valence-electron chi connectivity index (χ3n) is 5.70. The van der Waals surface area contributed by atoms with Crippen molar-refractivity contribution in [3.63, 3.8) is 0 Å². The van der Waals surface area contributed by atoms with Crippen LogP contribution in [0.5, 0.6) is 0 Å². The van der Waals surface area contributed by atoms with Crippen molar-refractivity contribution in [2.75, 3.05) is 26.2 Å². The fraction of sp³-hybridized carbons (Fsp3) is 0.320. The highest BCUT2D eigenvalue weighted by Crippen LogP contribution is 2.41. The number of alkyl halides is 6. The molecule has 1 aliphatic heterocycles. The molecule has 2 aromatic carbocycles. The standard InChI is InChI=1S/C25H24F6N2O2/c1-17(34)32-13-15-33(16-14-32)23(35)12-6-9-18(19-7-2-4-10-21(19)24(26,27)28)20-8-3-5-11-22(20)25(29,30)31/h2-12,17,34H,13-16H2,1H3. The van der Waals surface area contributed by atoms with Crippen LogP contribution in [-0.4, -0.2) is 53.2 Å². The maximum atomic E-state index is 13.7. The highest BCUT2D eigenvalue weighted by Gasteiger charge is 2.37. The van der Waals surface area contributed by atoms with Crippen LogP contribution in [0.15, 0.2) is 66.8 Å². The van der Waals surface area contributed by atoms with Gasteiger partial charge < -0.3 is 10.0 Å². The van der Waals surface area contributed by atoms with Gasteiger partial charge in [-0.15, -0.1) is 0 Å². The predicted octanol–water partition coefficient (Wildman–Crippen LogP) is 5.19. The number of piperazine rings is 1. The number of allylic oxidation sites excluding steroid dienone is 2. The zero-order valence-corrected chi connectivity index (χ0v) is 18.8. The Hall–Kier alpha value is -3.11. The molecular formula is C25H24F6N2O2. The van der Waals surface area contributed by atoms with Gasteiger partial charge in [0.15, 0.2) is 0 Å². The van der Waals surface area contributed by atoms with E-state index in [4.69, 9.17) is 0 Å². The molecule has 1 N–H and O–H groups in total. The Balaban J connectivity index is 2.01. The molecule has 1 fully saturated rings. The molecule has 1 amide bonds. The quantitative estimate of drug-likeness (QED) is 0.351. The van der Waals surface area contributed by atoms with Crippen molar-refractivity contribution in [1.29, 1.82) is 0 Å². The van der Waals surface area contributed by atoms with E-state index in [2.05, 4.69) is 0 Å². The molecule has 1 saturated heterocycles. The van der Waals surface area contributed by atoms with Gasteiger partial charge in [-0.2, -0.15) is 26.3 Å². The number of hydrogen-bond donors (Lipinski definition) is 1. The summed E-state index contributed by atoms with van der Waals surface area (Å²) in [5.41, 5.74) is -3.35. The Labute approximate surface area is 198 Å². The van der Waals surface area contributed by atoms with Crippen molar-refractivity contribution in [3.8, 4) is 0 Å². The van der Waals surface area contributed by atoms with Crippen molar-refractivity contribution in [3.05, 3.63) is 89.0 Å². The third kappa shape index (κ3) is 6.52. The molecule has 1 unspecified atom stereocenters. The number of halogens is 6. The number of carbonyl (C=O) groups is 1. The van der Waals surface area contributed by atoms with E-state index in [1.54, 1.807) is 11.8 Å². The first-order valence-electron chi connectivity index (χ1n) is 10.8. The van der Waals surface area contributed by atoms with Gasteiger partial charge in [0.05, 0.1) is 11.1 Å². The summed E-state index contributed by atoms with van der Waals surface area (Å²) in [5, 5.41) is 9.62. The molecule has 4 nitrogen and oxygen atoms in total. The molecule has 10 heteroatoms. The lowest BCUT2D eigenvalue weighted by molar-refractivity contribution is -0.138. The highest BCUT2D eigenvalue weighted by molar-refractivity contribution is 5.89. The van der Waals surface area contributed by atoms with Gasteiger partial charge in [-0.3, -0.25) is 9.69 Å². The molecule has 188 valence electrons. The van der Waals surface area contributed by atoms with Gasteiger partial charge in [0.25, 0.3) is 0 Å². The molecule has 0 spiro atoms. The van der Waals surface area contributed by atoms with Crippen molar-refractivity contribution in [2.45, 2.75) is 25.5 Å². The van der Waals surface area contributed by atoms with E-state index in [1.165, 1.54) is 23.1 Å². The summed E-state index contributed by atoms with van der Waals surface area (Å²) in [6.45, 7) is 3.16. The van der Waals surface area contributed by atoms with Crippen molar-refractivity contribution in [2.24, 2.45) is 0 Å². The average molecular weight is 498 g/mol. The van der Waals surface area contributed by atoms with Crippen molar-refractivity contribution in [1.82, 2.24) is 9.80 Å². The molecule has 0 aromatic heterocycles. The van der Waals surface area contributed by atoms with E-state index in [-0.39, 0.29) is 5.57 Å². The first-order chi connectivity index (χ1) is 16.4. The zero-order valence-electron chi connectivity index (χ0n) is 18.8. The molecule has 3 rings (SSSR count). The van der Waals surface area contributed by atoms with Gasteiger partial charge >= 0.3 is 12.4 Å². The molecule has 0 aliphatic carbocycles. The topological polar surface area (TPSA) is 43.8 Å². The van der Waals surface area contributed by atoms with Crippen LogP contribution in [0, 0.1) is 0 Å². The molecule has 2 aromatic rings. The van der Waals surface area contributed by atoms with E-state index >= 15 is 0 Å². The van der Waals surface area contributed by atoms with Gasteiger partial charge in [-0.25, -0.2) is 0 Å². The predicted molar refractivity (Wildman–Crippen MR) is 119 cm³/mol. The number of carbonyl (C=O) groups excluding carboxylic acids is 1. The number of benzene rings is 2. The van der Waals surface area contributed by atoms with Crippen molar-refractivity contribution >= 4 is 11.5 Å². The number of hydrogen-bond acceptors (Lipinski definition) is 3. The maximum Gasteiger partial charge on any atom is 0.417 e. The van der Waals surface area contributed by atoms with Crippen LogP contribution in [-0.2, 0) is 17.1 Å². The molecule has 0 radical (unpaired) electrons. The van der Waals surface area contributed by atoms with E-state index in [9.17, 15) is 36.2 Å². The first-order valence-corrected chi connectivity index (χ1v) is 10.8. The van der Waals surface area contributed by atoms with Gasteiger partial charge in [0.1, 0.15) is 6.23 Å². The minimum absolute atomic E-state index is 0.311. The molecule has 0 bridgehead atoms. The zero-order chi connectivity index (χ0) is 25.8. The fourth-order valence-electron chi connectivity index (χ4n) is 3.90. The smallest absolute Gasteiger partial charge is 0.379 e. The van der Waals surface area contributed by atoms with E-state index in [0.717, 1.165) is 48.6 Å². The summed E-state index contributed by atoms with van der Waals surface area (Å²) in [7, 11) is 0. The Morgan fingerprint density at radius 1 is 0.857 bits per heavy atom. The molecule has 0 saturated carbocycles. The molecule has 1 aliphatic rings. The Bertz CT molecular complexity index is 1040. The molecule has 35 heavy (non-hydrogen) atoms. The summed E-state index contributed by atoms with van der Waals surface area (Å²) >= 11 is 0. The number of aliphatic hydroxyl groups is 1. The second-order valence-corrected chi connectivity index (χ2v) is 8.02. The van der Waals surface area contributed by atoms with Crippen LogP contribution in [0.25, 0.3) is 5.57 Å². The van der Waals surface area contributed by atoms with Crippen LogP contribution in [0.4, 0.5) is 26.3 Å². The van der Waals surface area contributed by atoms with E-state index in [1.807, 2.05) is 0 Å². The Morgan fingerprint density at radius 2 is 1.31 bits per heavy atom. The van der Waals surface area contributed by atoms with E-state index in [0.29, 0.717) is 26.2 Å². The highest BCUT2D eigenvalue weighted by atomic mass is 19.4. The molecular weight excluding hydrogens is 474 g/mol. The Kier molecular flexibility index (Phi) is 8.07. The maximum absolute atomic E-state index is 13.7. The first kappa shape index (κ1) is 26.5. The monoisotopic (exact) mass is 498 g/mol. The van der Waals surface area contributed by atoms with Crippen LogP contribution < -0.4 is 0 Å². The minimum Gasteiger partial charge on any atom is -0.379 e. The SMILES string of the molecule is CC(O)N1CCN(C(=O)C=CC=C(c2ccccc2C(F)(F)F)c2ccccc2C(F)(F)F)CC1. The second-order valence-electron chi connectivity index (χ2n) is 8.02. The summed E-state index contributed by atoms with van der Waals surface area (Å²) in [6.07, 6.45) is -6.88. The normalized spacial score (nSPS) is 16.4. The third-order valence-corrected chi connectivity index (χ3v) is 5.70. The van der Waals surface area contributed by atoms with Gasteiger partial charge in [0.2, 0.25) is 5.91 Å². The fourth-order valence-corrected chi connectivity index (χ4v) is 3.90. The van der Waals surface area contributed by atoms with E-state index < -0.39 is 46.7 Å². The van der Waals surface area contributed by atoms with Gasteiger partial charge in [-0.1, -0.05) is 48.6 Å². The molecule has 1 atom stereocenters. The summed E-state index contributed by atoms with van der Waals surface area (Å²) in [4.78, 5) is 15.8. The minimum atomic E-state index is -4.80. The number of nitrogens with zero attached hydrogens (tertiary/aromatic N) is 2. The van der Waals surface area contributed by atoms with Crippen LogP contribution in [0.1, 0.15) is 29.2 Å². The summed E-state index contributed by atoms with van der Waals surface area (Å²) < 4.78 is 82.1. The number of aliphatic hydroxyl groups excluding tert-OH is 1. The lowest BCUT2D eigenvalue weighted by atomic mass is 9.90.